The van der Waals surface area contributed by atoms with Gasteiger partial charge in [0.1, 0.15) is 11.5 Å². The first-order valence-electron chi connectivity index (χ1n) is 7.28. The second kappa shape index (κ2) is 6.79. The van der Waals surface area contributed by atoms with Crippen LogP contribution in [0.5, 0.6) is 11.5 Å². The predicted octanol–water partition coefficient (Wildman–Crippen LogP) is 4.58. The van der Waals surface area contributed by atoms with Crippen LogP contribution in [0.1, 0.15) is 10.4 Å². The van der Waals surface area contributed by atoms with Gasteiger partial charge in [0, 0.05) is 0 Å². The van der Waals surface area contributed by atoms with E-state index in [1.807, 2.05) is 54.6 Å². The summed E-state index contributed by atoms with van der Waals surface area (Å²) < 4.78 is 10.5. The first-order valence-corrected chi connectivity index (χ1v) is 7.28. The molecule has 0 amide bonds. The summed E-state index contributed by atoms with van der Waals surface area (Å²) in [7, 11) is 1.64. The van der Waals surface area contributed by atoms with E-state index in [1.165, 1.54) is 0 Å². The second-order valence-corrected chi connectivity index (χ2v) is 5.01. The zero-order chi connectivity index (χ0) is 16.1. The fourth-order valence-electron chi connectivity index (χ4n) is 2.24. The van der Waals surface area contributed by atoms with Gasteiger partial charge in [-0.25, -0.2) is 4.79 Å². The Morgan fingerprint density at radius 3 is 1.83 bits per heavy atom. The maximum absolute atomic E-state index is 12.1. The number of hydrogen-bond acceptors (Lipinski definition) is 3. The van der Waals surface area contributed by atoms with Crippen molar-refractivity contribution in [3.05, 3.63) is 84.4 Å². The quantitative estimate of drug-likeness (QED) is 0.523. The van der Waals surface area contributed by atoms with Gasteiger partial charge in [-0.15, -0.1) is 0 Å². The zero-order valence-corrected chi connectivity index (χ0v) is 12.7. The Labute approximate surface area is 135 Å². The Hall–Kier alpha value is -3.07. The molecule has 3 aromatic rings. The Kier molecular flexibility index (Phi) is 4.39. The Bertz CT molecular complexity index is 775. The lowest BCUT2D eigenvalue weighted by atomic mass is 10.0. The molecule has 114 valence electrons. The maximum atomic E-state index is 12.1. The average molecular weight is 304 g/mol. The summed E-state index contributed by atoms with van der Waals surface area (Å²) in [5.41, 5.74) is 2.61. The SMILES string of the molecule is COc1ccc(-c2ccc(C(=O)Oc3ccccc3)cc2)cc1. The molecule has 0 aliphatic heterocycles. The second-order valence-electron chi connectivity index (χ2n) is 5.01. The Morgan fingerprint density at radius 2 is 1.26 bits per heavy atom. The number of ether oxygens (including phenoxy) is 2. The van der Waals surface area contributed by atoms with Gasteiger partial charge in [-0.3, -0.25) is 0 Å². The number of rotatable bonds is 4. The van der Waals surface area contributed by atoms with E-state index in [0.29, 0.717) is 11.3 Å². The van der Waals surface area contributed by atoms with Crippen LogP contribution < -0.4 is 9.47 Å². The summed E-state index contributed by atoms with van der Waals surface area (Å²) in [4.78, 5) is 12.1. The van der Waals surface area contributed by atoms with Gasteiger partial charge in [-0.2, -0.15) is 0 Å². The minimum absolute atomic E-state index is 0.363. The Balaban J connectivity index is 1.74. The monoisotopic (exact) mass is 304 g/mol. The number of hydrogen-bond donors (Lipinski definition) is 0. The summed E-state index contributed by atoms with van der Waals surface area (Å²) >= 11 is 0. The molecule has 0 atom stereocenters. The smallest absolute Gasteiger partial charge is 0.343 e. The predicted molar refractivity (Wildman–Crippen MR) is 89.8 cm³/mol. The number of esters is 1. The van der Waals surface area contributed by atoms with Gasteiger partial charge in [0.15, 0.2) is 0 Å². The van der Waals surface area contributed by atoms with Crippen molar-refractivity contribution in [1.29, 1.82) is 0 Å². The maximum Gasteiger partial charge on any atom is 0.343 e. The van der Waals surface area contributed by atoms with Crippen molar-refractivity contribution in [3.63, 3.8) is 0 Å². The van der Waals surface area contributed by atoms with Crippen LogP contribution in [-0.2, 0) is 0 Å². The first-order chi connectivity index (χ1) is 11.3. The van der Waals surface area contributed by atoms with Gasteiger partial charge in [-0.05, 0) is 47.5 Å². The molecule has 0 aromatic heterocycles. The molecule has 0 heterocycles. The molecule has 0 unspecified atom stereocenters. The molecule has 0 radical (unpaired) electrons. The molecule has 0 N–H and O–H groups in total. The van der Waals surface area contributed by atoms with Crippen molar-refractivity contribution in [3.8, 4) is 22.6 Å². The van der Waals surface area contributed by atoms with E-state index >= 15 is 0 Å². The van der Waals surface area contributed by atoms with Gasteiger partial charge in [0.25, 0.3) is 0 Å². The van der Waals surface area contributed by atoms with Gasteiger partial charge in [0.05, 0.1) is 12.7 Å². The van der Waals surface area contributed by atoms with Crippen molar-refractivity contribution < 1.29 is 14.3 Å². The topological polar surface area (TPSA) is 35.5 Å². The molecule has 3 heteroatoms. The lowest BCUT2D eigenvalue weighted by Gasteiger charge is -2.06. The van der Waals surface area contributed by atoms with Crippen LogP contribution in [0.3, 0.4) is 0 Å². The number of benzene rings is 3. The largest absolute Gasteiger partial charge is 0.497 e. The summed E-state index contributed by atoms with van der Waals surface area (Å²) in [5.74, 6) is 0.992. The van der Waals surface area contributed by atoms with Crippen LogP contribution >= 0.6 is 0 Å². The minimum Gasteiger partial charge on any atom is -0.497 e. The van der Waals surface area contributed by atoms with E-state index in [-0.39, 0.29) is 5.97 Å². The van der Waals surface area contributed by atoms with Crippen LogP contribution in [0, 0.1) is 0 Å². The van der Waals surface area contributed by atoms with Crippen LogP contribution in [0.15, 0.2) is 78.9 Å². The third kappa shape index (κ3) is 3.58. The number of carbonyl (C=O) groups is 1. The molecule has 23 heavy (non-hydrogen) atoms. The molecule has 3 rings (SSSR count). The average Bonchev–Trinajstić information content (AvgIpc) is 2.63. The summed E-state index contributed by atoms with van der Waals surface area (Å²) in [6.07, 6.45) is 0. The van der Waals surface area contributed by atoms with E-state index in [9.17, 15) is 4.79 Å². The van der Waals surface area contributed by atoms with E-state index in [0.717, 1.165) is 16.9 Å². The summed E-state index contributed by atoms with van der Waals surface area (Å²) in [6, 6.07) is 24.2. The molecule has 0 saturated carbocycles. The van der Waals surface area contributed by atoms with E-state index in [2.05, 4.69) is 0 Å². The standard InChI is InChI=1S/C20H16O3/c1-22-18-13-11-16(12-14-18)15-7-9-17(10-8-15)20(21)23-19-5-3-2-4-6-19/h2-14H,1H3. The normalized spacial score (nSPS) is 10.1. The third-order valence-corrected chi connectivity index (χ3v) is 3.50. The lowest BCUT2D eigenvalue weighted by molar-refractivity contribution is 0.0735. The minimum atomic E-state index is -0.363. The van der Waals surface area contributed by atoms with Gasteiger partial charge in [0.2, 0.25) is 0 Å². The highest BCUT2D eigenvalue weighted by Gasteiger charge is 2.08. The molecule has 3 nitrogen and oxygen atoms in total. The highest BCUT2D eigenvalue weighted by atomic mass is 16.5. The van der Waals surface area contributed by atoms with Crippen LogP contribution in [0.4, 0.5) is 0 Å². The summed E-state index contributed by atoms with van der Waals surface area (Å²) in [5, 5.41) is 0. The summed E-state index contributed by atoms with van der Waals surface area (Å²) in [6.45, 7) is 0. The molecule has 0 bridgehead atoms. The van der Waals surface area contributed by atoms with Crippen molar-refractivity contribution in [2.45, 2.75) is 0 Å². The fourth-order valence-corrected chi connectivity index (χ4v) is 2.24. The van der Waals surface area contributed by atoms with Crippen molar-refractivity contribution in [2.24, 2.45) is 0 Å². The van der Waals surface area contributed by atoms with Crippen LogP contribution in [0.25, 0.3) is 11.1 Å². The molecule has 0 fully saturated rings. The van der Waals surface area contributed by atoms with E-state index in [4.69, 9.17) is 9.47 Å². The molecular weight excluding hydrogens is 288 g/mol. The van der Waals surface area contributed by atoms with Crippen molar-refractivity contribution in [1.82, 2.24) is 0 Å². The highest BCUT2D eigenvalue weighted by Crippen LogP contribution is 2.23. The first kappa shape index (κ1) is 14.9. The fraction of sp³-hybridized carbons (Fsp3) is 0.0500. The van der Waals surface area contributed by atoms with Gasteiger partial charge < -0.3 is 9.47 Å². The van der Waals surface area contributed by atoms with Crippen molar-refractivity contribution in [2.75, 3.05) is 7.11 Å². The molecule has 3 aromatic carbocycles. The molecule has 0 aliphatic carbocycles. The number of carbonyl (C=O) groups excluding carboxylic acids is 1. The van der Waals surface area contributed by atoms with Crippen molar-refractivity contribution >= 4 is 5.97 Å². The lowest BCUT2D eigenvalue weighted by Crippen LogP contribution is -2.08. The third-order valence-electron chi connectivity index (χ3n) is 3.50. The highest BCUT2D eigenvalue weighted by molar-refractivity contribution is 5.91. The van der Waals surface area contributed by atoms with Crippen LogP contribution in [0.2, 0.25) is 0 Å². The number of methoxy groups -OCH3 is 1. The molecule has 0 spiro atoms. The molecule has 0 aliphatic rings. The van der Waals surface area contributed by atoms with Gasteiger partial charge >= 0.3 is 5.97 Å². The molecule has 0 saturated heterocycles. The van der Waals surface area contributed by atoms with E-state index < -0.39 is 0 Å². The molecular formula is C20H16O3. The van der Waals surface area contributed by atoms with Crippen LogP contribution in [-0.4, -0.2) is 13.1 Å². The Morgan fingerprint density at radius 1 is 0.696 bits per heavy atom. The van der Waals surface area contributed by atoms with E-state index in [1.54, 1.807) is 31.4 Å². The number of para-hydroxylation sites is 1. The zero-order valence-electron chi connectivity index (χ0n) is 12.7. The van der Waals surface area contributed by atoms with Gasteiger partial charge in [-0.1, -0.05) is 42.5 Å².